The molecule has 0 spiro atoms. The van der Waals surface area contributed by atoms with Crippen LogP contribution >= 0.6 is 0 Å². The van der Waals surface area contributed by atoms with Gasteiger partial charge in [0.2, 0.25) is 0 Å². The number of alkyl halides is 3. The highest BCUT2D eigenvalue weighted by molar-refractivity contribution is 5.30. The number of ether oxygens (including phenoxy) is 1. The molecular weight excluding hydrogens is 267 g/mol. The van der Waals surface area contributed by atoms with Gasteiger partial charge in [-0.2, -0.15) is 13.2 Å². The summed E-state index contributed by atoms with van der Waals surface area (Å²) in [6, 6.07) is 5.55. The molecule has 1 fully saturated rings. The molecule has 2 nitrogen and oxygen atoms in total. The first-order valence-corrected chi connectivity index (χ1v) is 6.97. The third-order valence-corrected chi connectivity index (χ3v) is 3.80. The molecule has 1 saturated heterocycles. The quantitative estimate of drug-likeness (QED) is 0.831. The third kappa shape index (κ3) is 4.13. The summed E-state index contributed by atoms with van der Waals surface area (Å²) in [5.41, 5.74) is -0.662. The second kappa shape index (κ2) is 6.48. The fraction of sp³-hybridized carbons (Fsp3) is 0.600. The van der Waals surface area contributed by atoms with Gasteiger partial charge >= 0.3 is 6.18 Å². The molecule has 0 amide bonds. The fourth-order valence-electron chi connectivity index (χ4n) is 2.58. The highest BCUT2D eigenvalue weighted by Gasteiger charge is 2.30. The van der Waals surface area contributed by atoms with Gasteiger partial charge in [-0.1, -0.05) is 12.5 Å². The van der Waals surface area contributed by atoms with Crippen molar-refractivity contribution in [3.8, 4) is 5.75 Å². The Morgan fingerprint density at radius 2 is 2.10 bits per heavy atom. The Labute approximate surface area is 117 Å². The zero-order valence-electron chi connectivity index (χ0n) is 11.6. The molecule has 1 aliphatic heterocycles. The van der Waals surface area contributed by atoms with Crippen LogP contribution in [-0.4, -0.2) is 31.1 Å². The molecule has 20 heavy (non-hydrogen) atoms. The highest BCUT2D eigenvalue weighted by Crippen LogP contribution is 2.31. The maximum Gasteiger partial charge on any atom is 0.416 e. The van der Waals surface area contributed by atoms with Crippen LogP contribution in [0.3, 0.4) is 0 Å². The van der Waals surface area contributed by atoms with Crippen LogP contribution in [0.25, 0.3) is 0 Å². The first kappa shape index (κ1) is 15.2. The summed E-state index contributed by atoms with van der Waals surface area (Å²) >= 11 is 0. The second-order valence-electron chi connectivity index (χ2n) is 5.29. The van der Waals surface area contributed by atoms with E-state index in [2.05, 4.69) is 11.9 Å². The summed E-state index contributed by atoms with van der Waals surface area (Å²) in [5.74, 6) is 0.290. The predicted molar refractivity (Wildman–Crippen MR) is 71.8 cm³/mol. The average Bonchev–Trinajstić information content (AvgIpc) is 2.40. The van der Waals surface area contributed by atoms with Crippen molar-refractivity contribution < 1.29 is 17.9 Å². The maximum absolute atomic E-state index is 12.6. The first-order valence-electron chi connectivity index (χ1n) is 6.97. The van der Waals surface area contributed by atoms with E-state index >= 15 is 0 Å². The Morgan fingerprint density at radius 3 is 2.80 bits per heavy atom. The van der Waals surface area contributed by atoms with Crippen molar-refractivity contribution >= 4 is 0 Å². The van der Waals surface area contributed by atoms with E-state index in [4.69, 9.17) is 4.74 Å². The Morgan fingerprint density at radius 1 is 1.30 bits per heavy atom. The van der Waals surface area contributed by atoms with Crippen molar-refractivity contribution in [2.45, 2.75) is 37.9 Å². The van der Waals surface area contributed by atoms with E-state index in [-0.39, 0.29) is 0 Å². The molecule has 1 heterocycles. The molecule has 0 saturated carbocycles. The minimum Gasteiger partial charge on any atom is -0.494 e. The number of likely N-dealkylation sites (tertiary alicyclic amines) is 1. The summed E-state index contributed by atoms with van der Waals surface area (Å²) in [6.45, 7) is 1.55. The van der Waals surface area contributed by atoms with Crippen LogP contribution in [0.1, 0.15) is 31.2 Å². The zero-order valence-corrected chi connectivity index (χ0v) is 11.6. The van der Waals surface area contributed by atoms with Crippen molar-refractivity contribution in [2.24, 2.45) is 0 Å². The molecule has 0 N–H and O–H groups in total. The molecule has 2 rings (SSSR count). The molecule has 0 aliphatic carbocycles. The van der Waals surface area contributed by atoms with Gasteiger partial charge in [0.05, 0.1) is 12.2 Å². The topological polar surface area (TPSA) is 12.5 Å². The van der Waals surface area contributed by atoms with Crippen LogP contribution in [0.4, 0.5) is 13.2 Å². The van der Waals surface area contributed by atoms with Gasteiger partial charge < -0.3 is 9.64 Å². The second-order valence-corrected chi connectivity index (χ2v) is 5.29. The fourth-order valence-corrected chi connectivity index (χ4v) is 2.58. The van der Waals surface area contributed by atoms with Crippen molar-refractivity contribution in [2.75, 3.05) is 20.2 Å². The Hall–Kier alpha value is -1.23. The van der Waals surface area contributed by atoms with E-state index in [1.165, 1.54) is 18.9 Å². The van der Waals surface area contributed by atoms with Gasteiger partial charge in [-0.3, -0.25) is 0 Å². The van der Waals surface area contributed by atoms with E-state index in [1.54, 1.807) is 6.07 Å². The SMILES string of the molecule is CN1CCCCC1CCOc1cccc(C(F)(F)F)c1. The smallest absolute Gasteiger partial charge is 0.416 e. The van der Waals surface area contributed by atoms with Gasteiger partial charge in [-0.25, -0.2) is 0 Å². The minimum absolute atomic E-state index is 0.290. The van der Waals surface area contributed by atoms with Crippen molar-refractivity contribution in [1.82, 2.24) is 4.90 Å². The van der Waals surface area contributed by atoms with Gasteiger partial charge in [-0.15, -0.1) is 0 Å². The summed E-state index contributed by atoms with van der Waals surface area (Å²) < 4.78 is 43.2. The molecule has 1 aliphatic rings. The molecule has 5 heteroatoms. The Bertz CT molecular complexity index is 433. The molecule has 1 aromatic rings. The monoisotopic (exact) mass is 287 g/mol. The molecule has 1 aromatic carbocycles. The third-order valence-electron chi connectivity index (χ3n) is 3.80. The van der Waals surface area contributed by atoms with Crippen LogP contribution < -0.4 is 4.74 Å². The Balaban J connectivity index is 1.85. The van der Waals surface area contributed by atoms with Gasteiger partial charge in [0, 0.05) is 6.04 Å². The maximum atomic E-state index is 12.6. The van der Waals surface area contributed by atoms with E-state index in [9.17, 15) is 13.2 Å². The zero-order chi connectivity index (χ0) is 14.6. The van der Waals surface area contributed by atoms with Crippen LogP contribution in [0.15, 0.2) is 24.3 Å². The van der Waals surface area contributed by atoms with Gasteiger partial charge in [0.1, 0.15) is 5.75 Å². The summed E-state index contributed by atoms with van der Waals surface area (Å²) in [6.07, 6.45) is 0.123. The lowest BCUT2D eigenvalue weighted by Crippen LogP contribution is -2.37. The van der Waals surface area contributed by atoms with Crippen LogP contribution in [-0.2, 0) is 6.18 Å². The Kier molecular flexibility index (Phi) is 4.91. The predicted octanol–water partition coefficient (Wildman–Crippen LogP) is 3.96. The van der Waals surface area contributed by atoms with Crippen LogP contribution in [0, 0.1) is 0 Å². The van der Waals surface area contributed by atoms with Crippen molar-refractivity contribution in [3.63, 3.8) is 0 Å². The number of benzene rings is 1. The van der Waals surface area contributed by atoms with Gasteiger partial charge in [-0.05, 0) is 51.1 Å². The van der Waals surface area contributed by atoms with Crippen LogP contribution in [0.2, 0.25) is 0 Å². The molecular formula is C15H20F3NO. The first-order chi connectivity index (χ1) is 9.47. The lowest BCUT2D eigenvalue weighted by Gasteiger charge is -2.32. The van der Waals surface area contributed by atoms with E-state index in [0.717, 1.165) is 31.5 Å². The molecule has 0 radical (unpaired) electrons. The molecule has 0 aromatic heterocycles. The summed E-state index contributed by atoms with van der Waals surface area (Å²) in [7, 11) is 2.09. The highest BCUT2D eigenvalue weighted by atomic mass is 19.4. The number of hydrogen-bond acceptors (Lipinski definition) is 2. The van der Waals surface area contributed by atoms with Gasteiger partial charge in [0.25, 0.3) is 0 Å². The molecule has 0 bridgehead atoms. The summed E-state index contributed by atoms with van der Waals surface area (Å²) in [4.78, 5) is 2.30. The number of piperidine rings is 1. The lowest BCUT2D eigenvalue weighted by atomic mass is 10.0. The standard InChI is InChI=1S/C15H20F3NO/c1-19-9-3-2-6-13(19)8-10-20-14-7-4-5-12(11-14)15(16,17)18/h4-5,7,11,13H,2-3,6,8-10H2,1H3. The van der Waals surface area contributed by atoms with Crippen molar-refractivity contribution in [3.05, 3.63) is 29.8 Å². The number of hydrogen-bond donors (Lipinski definition) is 0. The average molecular weight is 287 g/mol. The van der Waals surface area contributed by atoms with E-state index in [1.807, 2.05) is 0 Å². The number of nitrogens with zero attached hydrogens (tertiary/aromatic N) is 1. The number of rotatable bonds is 4. The largest absolute Gasteiger partial charge is 0.494 e. The molecule has 1 unspecified atom stereocenters. The molecule has 1 atom stereocenters. The van der Waals surface area contributed by atoms with E-state index < -0.39 is 11.7 Å². The lowest BCUT2D eigenvalue weighted by molar-refractivity contribution is -0.137. The molecule has 112 valence electrons. The number of halogens is 3. The summed E-state index contributed by atoms with van der Waals surface area (Å²) in [5, 5.41) is 0. The normalized spacial score (nSPS) is 20.9. The van der Waals surface area contributed by atoms with Gasteiger partial charge in [0.15, 0.2) is 0 Å². The van der Waals surface area contributed by atoms with Crippen LogP contribution in [0.5, 0.6) is 5.75 Å². The minimum atomic E-state index is -4.32. The van der Waals surface area contributed by atoms with E-state index in [0.29, 0.717) is 18.4 Å². The van der Waals surface area contributed by atoms with Crippen molar-refractivity contribution in [1.29, 1.82) is 0 Å².